The van der Waals surface area contributed by atoms with Crippen LogP contribution in [0.25, 0.3) is 10.9 Å². The zero-order valence-electron chi connectivity index (χ0n) is 12.0. The summed E-state index contributed by atoms with van der Waals surface area (Å²) < 4.78 is 0. The number of hydrogen-bond donors (Lipinski definition) is 2. The van der Waals surface area contributed by atoms with Crippen molar-refractivity contribution in [2.45, 2.75) is 25.3 Å². The Morgan fingerprint density at radius 1 is 1.24 bits per heavy atom. The lowest BCUT2D eigenvalue weighted by molar-refractivity contribution is 0.199. The van der Waals surface area contributed by atoms with E-state index in [4.69, 9.17) is 0 Å². The fraction of sp³-hybridized carbons (Fsp3) is 0.353. The van der Waals surface area contributed by atoms with E-state index in [-0.39, 0.29) is 0 Å². The Hall–Kier alpha value is -2.07. The fourth-order valence-electron chi connectivity index (χ4n) is 3.45. The Morgan fingerprint density at radius 2 is 2.19 bits per heavy atom. The highest BCUT2D eigenvalue weighted by atomic mass is 15.1. The third-order valence-corrected chi connectivity index (χ3v) is 4.54. The van der Waals surface area contributed by atoms with Gasteiger partial charge in [-0.15, -0.1) is 0 Å². The summed E-state index contributed by atoms with van der Waals surface area (Å²) >= 11 is 0. The summed E-state index contributed by atoms with van der Waals surface area (Å²) in [5, 5.41) is 8.57. The van der Waals surface area contributed by atoms with Crippen LogP contribution < -0.4 is 0 Å². The lowest BCUT2D eigenvalue weighted by atomic mass is 9.94. The SMILES string of the molecule is c1ccc2c(CN3CCC[C@@H](c4ccn[nH]4)C3)c[nH]c2c1. The van der Waals surface area contributed by atoms with Crippen LogP contribution in [0.3, 0.4) is 0 Å². The molecule has 1 aliphatic heterocycles. The summed E-state index contributed by atoms with van der Waals surface area (Å²) in [5.41, 5.74) is 3.91. The van der Waals surface area contributed by atoms with Gasteiger partial charge in [0.05, 0.1) is 0 Å². The van der Waals surface area contributed by atoms with Gasteiger partial charge < -0.3 is 4.98 Å². The first-order valence-corrected chi connectivity index (χ1v) is 7.67. The van der Waals surface area contributed by atoms with Gasteiger partial charge in [0.15, 0.2) is 0 Å². The molecule has 0 bridgehead atoms. The number of rotatable bonds is 3. The maximum absolute atomic E-state index is 4.09. The van der Waals surface area contributed by atoms with Gasteiger partial charge in [-0.25, -0.2) is 0 Å². The molecule has 1 saturated heterocycles. The summed E-state index contributed by atoms with van der Waals surface area (Å²) in [6.07, 6.45) is 6.52. The van der Waals surface area contributed by atoms with Crippen molar-refractivity contribution in [1.82, 2.24) is 20.1 Å². The minimum atomic E-state index is 0.589. The van der Waals surface area contributed by atoms with Crippen molar-refractivity contribution in [1.29, 1.82) is 0 Å². The van der Waals surface area contributed by atoms with Crippen LogP contribution in [0.5, 0.6) is 0 Å². The number of piperidine rings is 1. The average molecular weight is 280 g/mol. The minimum Gasteiger partial charge on any atom is -0.361 e. The predicted molar refractivity (Wildman–Crippen MR) is 84.1 cm³/mol. The fourth-order valence-corrected chi connectivity index (χ4v) is 3.45. The zero-order chi connectivity index (χ0) is 14.1. The molecule has 0 amide bonds. The van der Waals surface area contributed by atoms with Crippen molar-refractivity contribution in [3.8, 4) is 0 Å². The highest BCUT2D eigenvalue weighted by molar-refractivity contribution is 5.82. The second-order valence-corrected chi connectivity index (χ2v) is 5.95. The Kier molecular flexibility index (Phi) is 3.24. The molecule has 3 heterocycles. The first kappa shape index (κ1) is 12.7. The quantitative estimate of drug-likeness (QED) is 0.773. The summed E-state index contributed by atoms with van der Waals surface area (Å²) in [7, 11) is 0. The number of aromatic amines is 2. The van der Waals surface area contributed by atoms with Gasteiger partial charge in [-0.2, -0.15) is 5.10 Å². The van der Waals surface area contributed by atoms with E-state index in [1.807, 2.05) is 6.20 Å². The van der Waals surface area contributed by atoms with Gasteiger partial charge in [0.1, 0.15) is 0 Å². The molecule has 0 unspecified atom stereocenters. The van der Waals surface area contributed by atoms with Crippen molar-refractivity contribution in [2.24, 2.45) is 0 Å². The molecule has 1 atom stereocenters. The van der Waals surface area contributed by atoms with Gasteiger partial charge >= 0.3 is 0 Å². The van der Waals surface area contributed by atoms with E-state index in [9.17, 15) is 0 Å². The van der Waals surface area contributed by atoms with Gasteiger partial charge in [-0.05, 0) is 37.1 Å². The van der Waals surface area contributed by atoms with E-state index in [1.54, 1.807) is 0 Å². The monoisotopic (exact) mass is 280 g/mol. The predicted octanol–water partition coefficient (Wildman–Crippen LogP) is 3.27. The molecule has 1 fully saturated rings. The second-order valence-electron chi connectivity index (χ2n) is 5.95. The van der Waals surface area contributed by atoms with Gasteiger partial charge in [0, 0.05) is 48.0 Å². The molecule has 4 heteroatoms. The number of para-hydroxylation sites is 1. The maximum atomic E-state index is 4.09. The number of fused-ring (bicyclic) bond motifs is 1. The van der Waals surface area contributed by atoms with Crippen molar-refractivity contribution < 1.29 is 0 Å². The molecule has 21 heavy (non-hydrogen) atoms. The topological polar surface area (TPSA) is 47.7 Å². The molecule has 0 spiro atoms. The molecule has 0 radical (unpaired) electrons. The standard InChI is InChI=1S/C17H20N4/c1-2-6-17-15(5-1)14(10-18-17)12-21-9-3-4-13(11-21)16-7-8-19-20-16/h1-2,5-8,10,13,18H,3-4,9,11-12H2,(H,19,20)/t13-/m1/s1. The first-order chi connectivity index (χ1) is 10.4. The van der Waals surface area contributed by atoms with Crippen molar-refractivity contribution in [3.63, 3.8) is 0 Å². The smallest absolute Gasteiger partial charge is 0.0490 e. The van der Waals surface area contributed by atoms with Gasteiger partial charge in [0.2, 0.25) is 0 Å². The largest absolute Gasteiger partial charge is 0.361 e. The first-order valence-electron chi connectivity index (χ1n) is 7.67. The molecular formula is C17H20N4. The highest BCUT2D eigenvalue weighted by Crippen LogP contribution is 2.27. The molecule has 1 aliphatic rings. The number of nitrogens with zero attached hydrogens (tertiary/aromatic N) is 2. The third kappa shape index (κ3) is 2.47. The molecule has 108 valence electrons. The summed E-state index contributed by atoms with van der Waals surface area (Å²) in [6, 6.07) is 10.7. The van der Waals surface area contributed by atoms with E-state index in [2.05, 4.69) is 56.6 Å². The van der Waals surface area contributed by atoms with Crippen molar-refractivity contribution in [3.05, 3.63) is 54.0 Å². The van der Waals surface area contributed by atoms with E-state index in [0.717, 1.165) is 13.1 Å². The van der Waals surface area contributed by atoms with E-state index >= 15 is 0 Å². The third-order valence-electron chi connectivity index (χ3n) is 4.54. The molecule has 4 rings (SSSR count). The van der Waals surface area contributed by atoms with Crippen LogP contribution in [0, 0.1) is 0 Å². The molecular weight excluding hydrogens is 260 g/mol. The number of likely N-dealkylation sites (tertiary alicyclic amines) is 1. The molecule has 3 aromatic rings. The maximum Gasteiger partial charge on any atom is 0.0490 e. The van der Waals surface area contributed by atoms with Gasteiger partial charge in [-0.3, -0.25) is 10.00 Å². The molecule has 4 nitrogen and oxygen atoms in total. The Morgan fingerprint density at radius 3 is 3.10 bits per heavy atom. The number of nitrogens with one attached hydrogen (secondary N) is 2. The Labute approximate surface area is 124 Å². The molecule has 0 saturated carbocycles. The second kappa shape index (κ2) is 5.37. The summed E-state index contributed by atoms with van der Waals surface area (Å²) in [5.74, 6) is 0.589. The van der Waals surface area contributed by atoms with Crippen LogP contribution in [-0.2, 0) is 6.54 Å². The van der Waals surface area contributed by atoms with Crippen LogP contribution in [0.4, 0.5) is 0 Å². The van der Waals surface area contributed by atoms with Crippen molar-refractivity contribution >= 4 is 10.9 Å². The highest BCUT2D eigenvalue weighted by Gasteiger charge is 2.22. The summed E-state index contributed by atoms with van der Waals surface area (Å²) in [6.45, 7) is 3.32. The number of H-pyrrole nitrogens is 2. The van der Waals surface area contributed by atoms with E-state index in [0.29, 0.717) is 5.92 Å². The van der Waals surface area contributed by atoms with Crippen LogP contribution >= 0.6 is 0 Å². The number of aromatic nitrogens is 3. The van der Waals surface area contributed by atoms with E-state index < -0.39 is 0 Å². The summed E-state index contributed by atoms with van der Waals surface area (Å²) in [4.78, 5) is 5.93. The average Bonchev–Trinajstić information content (AvgIpc) is 3.18. The minimum absolute atomic E-state index is 0.589. The van der Waals surface area contributed by atoms with Gasteiger partial charge in [-0.1, -0.05) is 18.2 Å². The molecule has 2 N–H and O–H groups in total. The normalized spacial score (nSPS) is 20.1. The lowest BCUT2D eigenvalue weighted by Crippen LogP contribution is -2.33. The molecule has 0 aliphatic carbocycles. The van der Waals surface area contributed by atoms with Crippen LogP contribution in [-0.4, -0.2) is 33.2 Å². The molecule has 1 aromatic carbocycles. The van der Waals surface area contributed by atoms with Crippen molar-refractivity contribution in [2.75, 3.05) is 13.1 Å². The van der Waals surface area contributed by atoms with Crippen LogP contribution in [0.1, 0.15) is 30.0 Å². The Balaban J connectivity index is 1.51. The lowest BCUT2D eigenvalue weighted by Gasteiger charge is -2.32. The number of hydrogen-bond acceptors (Lipinski definition) is 2. The zero-order valence-corrected chi connectivity index (χ0v) is 12.0. The van der Waals surface area contributed by atoms with Gasteiger partial charge in [0.25, 0.3) is 0 Å². The number of benzene rings is 1. The van der Waals surface area contributed by atoms with Crippen LogP contribution in [0.2, 0.25) is 0 Å². The van der Waals surface area contributed by atoms with E-state index in [1.165, 1.54) is 41.5 Å². The molecule has 2 aromatic heterocycles. The van der Waals surface area contributed by atoms with Crippen LogP contribution in [0.15, 0.2) is 42.7 Å². The Bertz CT molecular complexity index is 713.